The van der Waals surface area contributed by atoms with Crippen LogP contribution in [0.25, 0.3) is 0 Å². The monoisotopic (exact) mass is 278 g/mol. The predicted molar refractivity (Wildman–Crippen MR) is 78.7 cm³/mol. The van der Waals surface area contributed by atoms with E-state index in [0.717, 1.165) is 37.1 Å². The predicted octanol–water partition coefficient (Wildman–Crippen LogP) is 4.04. The van der Waals surface area contributed by atoms with Crippen molar-refractivity contribution < 1.29 is 4.79 Å². The van der Waals surface area contributed by atoms with Crippen LogP contribution in [-0.4, -0.2) is 12.5 Å². The van der Waals surface area contributed by atoms with Gasteiger partial charge in [0.25, 0.3) is 0 Å². The number of hydrogen-bond acceptors (Lipinski definition) is 2. The van der Waals surface area contributed by atoms with Crippen molar-refractivity contribution in [3.05, 3.63) is 23.2 Å². The highest BCUT2D eigenvalue weighted by Crippen LogP contribution is 2.41. The first-order valence-corrected chi connectivity index (χ1v) is 7.43. The summed E-state index contributed by atoms with van der Waals surface area (Å²) >= 11 is 6.21. The van der Waals surface area contributed by atoms with Gasteiger partial charge < -0.3 is 10.6 Å². The number of nitrogens with one attached hydrogen (secondary N) is 2. The van der Waals surface area contributed by atoms with Gasteiger partial charge in [0.2, 0.25) is 5.91 Å². The fraction of sp³-hybridized carbons (Fsp3) is 0.533. The lowest BCUT2D eigenvalue weighted by Gasteiger charge is -2.29. The summed E-state index contributed by atoms with van der Waals surface area (Å²) in [5.41, 5.74) is 1.40. The first-order chi connectivity index (χ1) is 9.21. The molecular formula is C15H19ClN2O. The third-order valence-corrected chi connectivity index (χ3v) is 4.72. The summed E-state index contributed by atoms with van der Waals surface area (Å²) in [6.07, 6.45) is 6.69. The second-order valence-corrected chi connectivity index (χ2v) is 6.07. The van der Waals surface area contributed by atoms with E-state index in [0.29, 0.717) is 11.6 Å². The number of para-hydroxylation sites is 1. The van der Waals surface area contributed by atoms with Crippen LogP contribution in [0.5, 0.6) is 0 Å². The number of hydrogen-bond donors (Lipinski definition) is 2. The Balaban J connectivity index is 1.93. The van der Waals surface area contributed by atoms with Gasteiger partial charge >= 0.3 is 0 Å². The van der Waals surface area contributed by atoms with Crippen molar-refractivity contribution in [3.63, 3.8) is 0 Å². The Morgan fingerprint density at radius 1 is 1.11 bits per heavy atom. The highest BCUT2D eigenvalue weighted by molar-refractivity contribution is 6.34. The Bertz CT molecular complexity index is 493. The fourth-order valence-corrected chi connectivity index (χ4v) is 3.45. The van der Waals surface area contributed by atoms with Crippen molar-refractivity contribution in [3.8, 4) is 0 Å². The van der Waals surface area contributed by atoms with E-state index in [1.54, 1.807) is 0 Å². The van der Waals surface area contributed by atoms with Gasteiger partial charge in [-0.2, -0.15) is 0 Å². The van der Waals surface area contributed by atoms with Gasteiger partial charge in [0.05, 0.1) is 21.8 Å². The molecule has 1 heterocycles. The summed E-state index contributed by atoms with van der Waals surface area (Å²) < 4.78 is 0. The lowest BCUT2D eigenvalue weighted by molar-refractivity contribution is -0.125. The number of rotatable bonds is 0. The van der Waals surface area contributed by atoms with E-state index in [9.17, 15) is 4.79 Å². The minimum atomic E-state index is -0.265. The molecule has 0 saturated heterocycles. The minimum absolute atomic E-state index is 0.155. The molecule has 0 unspecified atom stereocenters. The van der Waals surface area contributed by atoms with Gasteiger partial charge in [-0.05, 0) is 25.0 Å². The van der Waals surface area contributed by atoms with Crippen LogP contribution in [0.15, 0.2) is 18.2 Å². The summed E-state index contributed by atoms with van der Waals surface area (Å²) in [6, 6.07) is 5.63. The van der Waals surface area contributed by atoms with Crippen LogP contribution in [0.4, 0.5) is 11.4 Å². The van der Waals surface area contributed by atoms with E-state index in [4.69, 9.17) is 11.6 Å². The average Bonchev–Trinajstić information content (AvgIpc) is 2.71. The van der Waals surface area contributed by atoms with E-state index in [-0.39, 0.29) is 11.3 Å². The fourth-order valence-electron chi connectivity index (χ4n) is 3.21. The molecule has 0 radical (unpaired) electrons. The van der Waals surface area contributed by atoms with Crippen molar-refractivity contribution in [2.24, 2.45) is 5.41 Å². The Labute approximate surface area is 118 Å². The second kappa shape index (κ2) is 5.04. The normalized spacial score (nSPS) is 21.8. The Kier molecular flexibility index (Phi) is 3.40. The first kappa shape index (κ1) is 12.8. The highest BCUT2D eigenvalue weighted by Gasteiger charge is 2.40. The van der Waals surface area contributed by atoms with Gasteiger partial charge in [0.15, 0.2) is 0 Å². The summed E-state index contributed by atoms with van der Waals surface area (Å²) in [4.78, 5) is 12.6. The maximum atomic E-state index is 12.6. The average molecular weight is 279 g/mol. The molecule has 1 aliphatic carbocycles. The Hall–Kier alpha value is -1.22. The third-order valence-electron chi connectivity index (χ3n) is 4.41. The molecule has 3 rings (SSSR count). The maximum Gasteiger partial charge on any atom is 0.232 e. The standard InChI is InChI=1S/C15H19ClN2O/c16-11-6-5-7-12-13(11)17-10-15(14(19)18-12)8-3-1-2-4-9-15/h5-7,17H,1-4,8-10H2,(H,18,19). The van der Waals surface area contributed by atoms with E-state index in [1.807, 2.05) is 18.2 Å². The van der Waals surface area contributed by atoms with E-state index < -0.39 is 0 Å². The molecule has 4 heteroatoms. The molecule has 1 spiro atoms. The molecule has 2 N–H and O–H groups in total. The van der Waals surface area contributed by atoms with Gasteiger partial charge in [-0.3, -0.25) is 4.79 Å². The summed E-state index contributed by atoms with van der Waals surface area (Å²) in [5, 5.41) is 7.13. The van der Waals surface area contributed by atoms with Crippen molar-refractivity contribution >= 4 is 28.9 Å². The number of fused-ring (bicyclic) bond motifs is 1. The smallest absolute Gasteiger partial charge is 0.232 e. The molecule has 0 bridgehead atoms. The first-order valence-electron chi connectivity index (χ1n) is 7.05. The largest absolute Gasteiger partial charge is 0.381 e. The van der Waals surface area contributed by atoms with Crippen molar-refractivity contribution in [2.75, 3.05) is 17.2 Å². The molecule has 19 heavy (non-hydrogen) atoms. The molecule has 0 atom stereocenters. The maximum absolute atomic E-state index is 12.6. The summed E-state index contributed by atoms with van der Waals surface area (Å²) in [7, 11) is 0. The van der Waals surface area contributed by atoms with Gasteiger partial charge in [0.1, 0.15) is 0 Å². The van der Waals surface area contributed by atoms with Gasteiger partial charge in [-0.1, -0.05) is 43.4 Å². The van der Waals surface area contributed by atoms with Crippen molar-refractivity contribution in [2.45, 2.75) is 38.5 Å². The second-order valence-electron chi connectivity index (χ2n) is 5.66. The van der Waals surface area contributed by atoms with Crippen LogP contribution < -0.4 is 10.6 Å². The molecule has 3 nitrogen and oxygen atoms in total. The topological polar surface area (TPSA) is 41.1 Å². The molecule has 1 saturated carbocycles. The Morgan fingerprint density at radius 3 is 2.58 bits per heavy atom. The number of anilines is 2. The van der Waals surface area contributed by atoms with Crippen LogP contribution in [0.3, 0.4) is 0 Å². The molecule has 102 valence electrons. The number of amides is 1. The molecule has 0 aromatic heterocycles. The van der Waals surface area contributed by atoms with Crippen LogP contribution in [0, 0.1) is 5.41 Å². The van der Waals surface area contributed by atoms with Crippen molar-refractivity contribution in [1.82, 2.24) is 0 Å². The number of benzene rings is 1. The Morgan fingerprint density at radius 2 is 1.84 bits per heavy atom. The van der Waals surface area contributed by atoms with Crippen LogP contribution in [-0.2, 0) is 4.79 Å². The van der Waals surface area contributed by atoms with E-state index in [1.165, 1.54) is 12.8 Å². The van der Waals surface area contributed by atoms with Gasteiger partial charge in [-0.15, -0.1) is 0 Å². The van der Waals surface area contributed by atoms with E-state index >= 15 is 0 Å². The summed E-state index contributed by atoms with van der Waals surface area (Å²) in [5.74, 6) is 0.155. The lowest BCUT2D eigenvalue weighted by atomic mass is 9.79. The minimum Gasteiger partial charge on any atom is -0.381 e. The molecule has 1 aliphatic heterocycles. The zero-order chi connectivity index (χ0) is 13.3. The van der Waals surface area contributed by atoms with Gasteiger partial charge in [-0.25, -0.2) is 0 Å². The SMILES string of the molecule is O=C1Nc2cccc(Cl)c2NCC12CCCCCC2. The molecule has 1 aromatic rings. The molecule has 1 aromatic carbocycles. The van der Waals surface area contributed by atoms with Crippen molar-refractivity contribution in [1.29, 1.82) is 0 Å². The van der Waals surface area contributed by atoms with E-state index in [2.05, 4.69) is 10.6 Å². The summed E-state index contributed by atoms with van der Waals surface area (Å²) in [6.45, 7) is 0.690. The molecular weight excluding hydrogens is 260 g/mol. The quantitative estimate of drug-likeness (QED) is 0.752. The molecule has 1 amide bonds. The zero-order valence-corrected chi connectivity index (χ0v) is 11.7. The highest BCUT2D eigenvalue weighted by atomic mass is 35.5. The van der Waals surface area contributed by atoms with Crippen LogP contribution in [0.2, 0.25) is 5.02 Å². The van der Waals surface area contributed by atoms with Crippen LogP contribution in [0.1, 0.15) is 38.5 Å². The number of halogens is 1. The third kappa shape index (κ3) is 2.32. The lowest BCUT2D eigenvalue weighted by Crippen LogP contribution is -2.39. The zero-order valence-electron chi connectivity index (χ0n) is 11.0. The molecule has 1 fully saturated rings. The number of carbonyl (C=O) groups is 1. The van der Waals surface area contributed by atoms with Gasteiger partial charge in [0, 0.05) is 6.54 Å². The molecule has 2 aliphatic rings. The number of carbonyl (C=O) groups excluding carboxylic acids is 1. The van der Waals surface area contributed by atoms with Crippen LogP contribution >= 0.6 is 11.6 Å².